The lowest BCUT2D eigenvalue weighted by atomic mass is 10.0. The lowest BCUT2D eigenvalue weighted by Gasteiger charge is -2.22. The third-order valence-electron chi connectivity index (χ3n) is 6.42. The number of aryl methyl sites for hydroxylation is 1. The molecule has 2 saturated carbocycles. The molecule has 0 bridgehead atoms. The van der Waals surface area contributed by atoms with Crippen LogP contribution in [-0.2, 0) is 22.1 Å². The standard InChI is InChI=1S/C24H36N6O3/c1-14(2)26-23(32)33-16-8-7-15(11-16)19-13-20(30(28-19)24(3,4)5)27-22(31)18-12-17(18)21-25-9-10-29(21)6/h9-10,13-18H,7-8,11-12H2,1-6H3,(H,26,32)(H,27,31)/t15-,16+,17?,18?/m0/s1. The van der Waals surface area contributed by atoms with Crippen LogP contribution in [0.2, 0.25) is 0 Å². The summed E-state index contributed by atoms with van der Waals surface area (Å²) in [6.45, 7) is 10.0. The molecule has 0 spiro atoms. The first-order valence-corrected chi connectivity index (χ1v) is 11.9. The van der Waals surface area contributed by atoms with Crippen molar-refractivity contribution in [2.24, 2.45) is 13.0 Å². The van der Waals surface area contributed by atoms with Gasteiger partial charge in [0.2, 0.25) is 5.91 Å². The Bertz CT molecular complexity index is 1020. The number of hydrogen-bond acceptors (Lipinski definition) is 5. The number of nitrogens with zero attached hydrogens (tertiary/aromatic N) is 4. The molecule has 2 fully saturated rings. The SMILES string of the molecule is CC(C)NC(=O)O[C@@H]1CC[C@H](c2cc(NC(=O)C3CC3c3nccn3C)n(C(C)(C)C)n2)C1. The summed E-state index contributed by atoms with van der Waals surface area (Å²) in [5.41, 5.74) is 0.654. The Morgan fingerprint density at radius 1 is 1.21 bits per heavy atom. The van der Waals surface area contributed by atoms with Crippen LogP contribution in [0.15, 0.2) is 18.5 Å². The van der Waals surface area contributed by atoms with E-state index >= 15 is 0 Å². The highest BCUT2D eigenvalue weighted by molar-refractivity contribution is 5.94. The zero-order chi connectivity index (χ0) is 23.9. The predicted molar refractivity (Wildman–Crippen MR) is 125 cm³/mol. The summed E-state index contributed by atoms with van der Waals surface area (Å²) < 4.78 is 9.46. The van der Waals surface area contributed by atoms with Crippen molar-refractivity contribution in [3.63, 3.8) is 0 Å². The number of ether oxygens (including phenoxy) is 1. The molecule has 4 rings (SSSR count). The van der Waals surface area contributed by atoms with Crippen LogP contribution in [0.1, 0.15) is 83.7 Å². The molecule has 2 amide bonds. The minimum absolute atomic E-state index is 0.0120. The van der Waals surface area contributed by atoms with Gasteiger partial charge in [-0.1, -0.05) is 0 Å². The molecule has 0 aliphatic heterocycles. The molecule has 9 heteroatoms. The molecular weight excluding hydrogens is 420 g/mol. The first-order chi connectivity index (χ1) is 15.5. The average Bonchev–Trinajstić information content (AvgIpc) is 3.03. The van der Waals surface area contributed by atoms with Gasteiger partial charge in [0.1, 0.15) is 17.7 Å². The summed E-state index contributed by atoms with van der Waals surface area (Å²) in [6.07, 6.45) is 6.47. The number of rotatable bonds is 6. The van der Waals surface area contributed by atoms with Gasteiger partial charge in [-0.3, -0.25) is 4.79 Å². The number of anilines is 1. The minimum atomic E-state index is -0.365. The van der Waals surface area contributed by atoms with Crippen molar-refractivity contribution in [1.29, 1.82) is 0 Å². The average molecular weight is 457 g/mol. The smallest absolute Gasteiger partial charge is 0.407 e. The molecule has 2 N–H and O–H groups in total. The van der Waals surface area contributed by atoms with Crippen LogP contribution in [0.25, 0.3) is 0 Å². The van der Waals surface area contributed by atoms with E-state index in [1.807, 2.05) is 42.4 Å². The van der Waals surface area contributed by atoms with Gasteiger partial charge in [-0.25, -0.2) is 14.5 Å². The molecule has 2 aliphatic rings. The van der Waals surface area contributed by atoms with E-state index in [0.717, 1.165) is 43.0 Å². The maximum atomic E-state index is 13.0. The fourth-order valence-corrected chi connectivity index (χ4v) is 4.66. The third kappa shape index (κ3) is 5.23. The molecule has 0 aromatic carbocycles. The lowest BCUT2D eigenvalue weighted by Crippen LogP contribution is -2.33. The highest BCUT2D eigenvalue weighted by atomic mass is 16.6. The fourth-order valence-electron chi connectivity index (χ4n) is 4.66. The second kappa shape index (κ2) is 8.83. The number of imidazole rings is 1. The molecule has 0 saturated heterocycles. The van der Waals surface area contributed by atoms with Crippen LogP contribution in [0, 0.1) is 5.92 Å². The quantitative estimate of drug-likeness (QED) is 0.687. The van der Waals surface area contributed by atoms with E-state index in [0.29, 0.717) is 0 Å². The van der Waals surface area contributed by atoms with Gasteiger partial charge in [-0.2, -0.15) is 5.10 Å². The van der Waals surface area contributed by atoms with E-state index < -0.39 is 0 Å². The fraction of sp³-hybridized carbons (Fsp3) is 0.667. The number of hydrogen-bond donors (Lipinski definition) is 2. The normalized spacial score (nSPS) is 24.7. The second-order valence-electron chi connectivity index (χ2n) is 10.7. The number of amides is 2. The summed E-state index contributed by atoms with van der Waals surface area (Å²) in [7, 11) is 1.96. The Kier molecular flexibility index (Phi) is 6.24. The van der Waals surface area contributed by atoms with Gasteiger partial charge in [0.25, 0.3) is 0 Å². The largest absolute Gasteiger partial charge is 0.446 e. The van der Waals surface area contributed by atoms with Crippen molar-refractivity contribution in [2.45, 2.75) is 89.8 Å². The van der Waals surface area contributed by atoms with Crippen molar-refractivity contribution < 1.29 is 14.3 Å². The van der Waals surface area contributed by atoms with Crippen LogP contribution < -0.4 is 10.6 Å². The van der Waals surface area contributed by atoms with Crippen LogP contribution in [0.4, 0.5) is 10.6 Å². The second-order valence-corrected chi connectivity index (χ2v) is 10.7. The van der Waals surface area contributed by atoms with Gasteiger partial charge in [0, 0.05) is 49.3 Å². The molecule has 0 radical (unpaired) electrons. The zero-order valence-electron chi connectivity index (χ0n) is 20.5. The lowest BCUT2D eigenvalue weighted by molar-refractivity contribution is -0.117. The van der Waals surface area contributed by atoms with E-state index in [9.17, 15) is 9.59 Å². The van der Waals surface area contributed by atoms with Gasteiger partial charge < -0.3 is 19.9 Å². The van der Waals surface area contributed by atoms with Crippen molar-refractivity contribution in [3.05, 3.63) is 30.0 Å². The minimum Gasteiger partial charge on any atom is -0.446 e. The number of carbonyl (C=O) groups excluding carboxylic acids is 2. The van der Waals surface area contributed by atoms with Gasteiger partial charge in [-0.15, -0.1) is 0 Å². The Hall–Kier alpha value is -2.84. The van der Waals surface area contributed by atoms with Crippen molar-refractivity contribution in [3.8, 4) is 0 Å². The topological polar surface area (TPSA) is 103 Å². The molecule has 2 aromatic rings. The van der Waals surface area contributed by atoms with Crippen molar-refractivity contribution in [2.75, 3.05) is 5.32 Å². The first-order valence-electron chi connectivity index (χ1n) is 11.9. The summed E-state index contributed by atoms with van der Waals surface area (Å²) in [5.74, 6) is 1.98. The van der Waals surface area contributed by atoms with E-state index in [4.69, 9.17) is 9.84 Å². The van der Waals surface area contributed by atoms with Gasteiger partial charge >= 0.3 is 6.09 Å². The number of aromatic nitrogens is 4. The molecule has 2 aliphatic carbocycles. The Balaban J connectivity index is 1.43. The molecule has 2 heterocycles. The van der Waals surface area contributed by atoms with Crippen LogP contribution >= 0.6 is 0 Å². The van der Waals surface area contributed by atoms with Gasteiger partial charge in [0.05, 0.1) is 11.2 Å². The maximum absolute atomic E-state index is 13.0. The predicted octanol–water partition coefficient (Wildman–Crippen LogP) is 3.88. The number of alkyl carbamates (subject to hydrolysis) is 1. The Labute approximate surface area is 195 Å². The molecule has 9 nitrogen and oxygen atoms in total. The zero-order valence-corrected chi connectivity index (χ0v) is 20.5. The molecular formula is C24H36N6O3. The molecule has 2 unspecified atom stereocenters. The maximum Gasteiger partial charge on any atom is 0.407 e. The Morgan fingerprint density at radius 2 is 1.97 bits per heavy atom. The Morgan fingerprint density at radius 3 is 2.61 bits per heavy atom. The number of carbonyl (C=O) groups is 2. The van der Waals surface area contributed by atoms with E-state index in [1.54, 1.807) is 6.20 Å². The van der Waals surface area contributed by atoms with Crippen LogP contribution in [0.5, 0.6) is 0 Å². The van der Waals surface area contributed by atoms with Gasteiger partial charge in [-0.05, 0) is 60.3 Å². The summed E-state index contributed by atoms with van der Waals surface area (Å²) >= 11 is 0. The monoisotopic (exact) mass is 456 g/mol. The summed E-state index contributed by atoms with van der Waals surface area (Å²) in [5, 5.41) is 10.8. The molecule has 33 heavy (non-hydrogen) atoms. The van der Waals surface area contributed by atoms with E-state index in [1.165, 1.54) is 0 Å². The summed E-state index contributed by atoms with van der Waals surface area (Å²) in [4.78, 5) is 29.4. The van der Waals surface area contributed by atoms with Crippen LogP contribution in [-0.4, -0.2) is 43.5 Å². The third-order valence-corrected chi connectivity index (χ3v) is 6.42. The molecule has 180 valence electrons. The first kappa shape index (κ1) is 23.3. The van der Waals surface area contributed by atoms with Crippen molar-refractivity contribution >= 4 is 17.8 Å². The van der Waals surface area contributed by atoms with Gasteiger partial charge in [0.15, 0.2) is 0 Å². The van der Waals surface area contributed by atoms with E-state index in [-0.39, 0.29) is 47.4 Å². The highest BCUT2D eigenvalue weighted by Gasteiger charge is 2.46. The highest BCUT2D eigenvalue weighted by Crippen LogP contribution is 2.47. The van der Waals surface area contributed by atoms with Crippen LogP contribution in [0.3, 0.4) is 0 Å². The summed E-state index contributed by atoms with van der Waals surface area (Å²) in [6, 6.07) is 2.04. The van der Waals surface area contributed by atoms with Crippen molar-refractivity contribution in [1.82, 2.24) is 24.6 Å². The molecule has 2 aromatic heterocycles. The number of nitrogens with one attached hydrogen (secondary N) is 2. The molecule has 4 atom stereocenters. The van der Waals surface area contributed by atoms with E-state index in [2.05, 4.69) is 36.4 Å².